The first kappa shape index (κ1) is 29.6. The van der Waals surface area contributed by atoms with Gasteiger partial charge in [-0.05, 0) is 80.8 Å². The van der Waals surface area contributed by atoms with Gasteiger partial charge in [0.15, 0.2) is 5.82 Å². The second-order valence-electron chi connectivity index (χ2n) is 13.8. The van der Waals surface area contributed by atoms with Gasteiger partial charge in [-0.2, -0.15) is 9.97 Å². The van der Waals surface area contributed by atoms with E-state index in [0.717, 1.165) is 49.1 Å². The number of benzene rings is 3. The van der Waals surface area contributed by atoms with Gasteiger partial charge >= 0.3 is 6.01 Å². The van der Waals surface area contributed by atoms with Gasteiger partial charge in [0.25, 0.3) is 0 Å². The predicted octanol–water partition coefficient (Wildman–Crippen LogP) is 8.12. The number of likely N-dealkylation sites (N-methyl/N-ethyl adjacent to an activating group) is 1. The molecule has 3 aliphatic rings. The number of aryl methyl sites for hydroxylation is 1. The fourth-order valence-electron chi connectivity index (χ4n) is 8.16. The maximum absolute atomic E-state index is 16.7. The Labute approximate surface area is 274 Å². The topological polar surface area (TPSA) is 54.4 Å². The normalized spacial score (nSPS) is 23.1. The van der Waals surface area contributed by atoms with Crippen LogP contribution in [0.15, 0.2) is 66.9 Å². The predicted molar refractivity (Wildman–Crippen MR) is 183 cm³/mol. The molecule has 2 aromatic heterocycles. The Kier molecular flexibility index (Phi) is 7.77. The number of halogens is 2. The van der Waals surface area contributed by atoms with Crippen molar-refractivity contribution in [2.45, 2.75) is 45.1 Å². The molecule has 5 aromatic rings. The first-order valence-corrected chi connectivity index (χ1v) is 16.9. The van der Waals surface area contributed by atoms with E-state index < -0.39 is 5.82 Å². The van der Waals surface area contributed by atoms with Gasteiger partial charge in [0, 0.05) is 47.8 Å². The number of hydrogen-bond donors (Lipinski definition) is 0. The molecule has 4 heterocycles. The highest BCUT2D eigenvalue weighted by Crippen LogP contribution is 2.41. The summed E-state index contributed by atoms with van der Waals surface area (Å²) in [5, 5.41) is 2.90. The number of likely N-dealkylation sites (tertiary alicyclic amines) is 1. The van der Waals surface area contributed by atoms with E-state index in [4.69, 9.17) is 26.3 Å². The van der Waals surface area contributed by atoms with Gasteiger partial charge in [0.1, 0.15) is 23.6 Å². The molecule has 1 saturated carbocycles. The van der Waals surface area contributed by atoms with Gasteiger partial charge in [-0.1, -0.05) is 71.8 Å². The van der Waals surface area contributed by atoms with Crippen molar-refractivity contribution in [1.29, 1.82) is 0 Å². The van der Waals surface area contributed by atoms with Crippen LogP contribution in [-0.2, 0) is 6.42 Å². The van der Waals surface area contributed by atoms with Crippen LogP contribution in [0.25, 0.3) is 32.9 Å². The quantitative estimate of drug-likeness (QED) is 0.180. The molecule has 46 heavy (non-hydrogen) atoms. The molecule has 3 aromatic carbocycles. The number of hydrogen-bond acceptors (Lipinski definition) is 6. The molecule has 8 rings (SSSR count). The minimum Gasteiger partial charge on any atom is -0.462 e. The third-order valence-electron chi connectivity index (χ3n) is 10.5. The molecule has 6 nitrogen and oxygen atoms in total. The van der Waals surface area contributed by atoms with Gasteiger partial charge < -0.3 is 9.64 Å². The van der Waals surface area contributed by atoms with Crippen LogP contribution < -0.4 is 9.64 Å². The number of anilines is 1. The molecule has 0 spiro atoms. The molecule has 0 N–H and O–H groups in total. The molecule has 0 amide bonds. The summed E-state index contributed by atoms with van der Waals surface area (Å²) in [5.74, 6) is 2.08. The van der Waals surface area contributed by atoms with Crippen LogP contribution in [0.5, 0.6) is 6.01 Å². The first-order chi connectivity index (χ1) is 22.4. The standard InChI is InChI=1S/C38H39ClFN5O/c1-23-9-11-24(12-10-23)15-27-17-29(44(2)19-27)22-46-38-42-36-31(37(43-38)45-20-25-13-14-26(16-25)21-45)18-41-35(34(36)40)30-7-3-5-28-6-4-8-32(39)33(28)30/h3-12,18,25-27,29H,13-17,19-22H2,1-2H3/t25?,26?,27-,29+/m1/s1. The molecule has 8 heteroatoms. The summed E-state index contributed by atoms with van der Waals surface area (Å²) in [4.78, 5) is 19.1. The lowest BCUT2D eigenvalue weighted by atomic mass is 9.96. The van der Waals surface area contributed by atoms with Crippen LogP contribution in [-0.4, -0.2) is 59.2 Å². The molecule has 2 aliphatic heterocycles. The molecule has 3 fully saturated rings. The Bertz CT molecular complexity index is 1900. The van der Waals surface area contributed by atoms with E-state index in [1.165, 1.54) is 30.4 Å². The molecule has 2 bridgehead atoms. The Morgan fingerprint density at radius 1 is 0.935 bits per heavy atom. The molecule has 1 aliphatic carbocycles. The van der Waals surface area contributed by atoms with Gasteiger partial charge in [-0.3, -0.25) is 9.88 Å². The maximum atomic E-state index is 16.7. The Balaban J connectivity index is 1.13. The summed E-state index contributed by atoms with van der Waals surface area (Å²) in [6.07, 6.45) is 7.56. The maximum Gasteiger partial charge on any atom is 0.319 e. The fourth-order valence-corrected chi connectivity index (χ4v) is 8.44. The average Bonchev–Trinajstić information content (AvgIpc) is 3.59. The van der Waals surface area contributed by atoms with Crippen LogP contribution in [0.4, 0.5) is 10.2 Å². The van der Waals surface area contributed by atoms with E-state index in [1.807, 2.05) is 36.4 Å². The van der Waals surface area contributed by atoms with Gasteiger partial charge in [0.2, 0.25) is 0 Å². The number of fused-ring (bicyclic) bond motifs is 4. The van der Waals surface area contributed by atoms with Gasteiger partial charge in [0.05, 0.1) is 5.39 Å². The molecular weight excluding hydrogens is 597 g/mol. The molecule has 236 valence electrons. The smallest absolute Gasteiger partial charge is 0.319 e. The highest BCUT2D eigenvalue weighted by molar-refractivity contribution is 6.36. The van der Waals surface area contributed by atoms with E-state index in [9.17, 15) is 0 Å². The average molecular weight is 636 g/mol. The summed E-state index contributed by atoms with van der Waals surface area (Å²) >= 11 is 6.64. The molecule has 2 saturated heterocycles. The van der Waals surface area contributed by atoms with Gasteiger partial charge in [-0.25, -0.2) is 4.39 Å². The van der Waals surface area contributed by atoms with Crippen LogP contribution in [0.3, 0.4) is 0 Å². The Morgan fingerprint density at radius 2 is 1.70 bits per heavy atom. The molecule has 4 atom stereocenters. The zero-order valence-corrected chi connectivity index (χ0v) is 27.2. The largest absolute Gasteiger partial charge is 0.462 e. The highest BCUT2D eigenvalue weighted by atomic mass is 35.5. The first-order valence-electron chi connectivity index (χ1n) is 16.6. The van der Waals surface area contributed by atoms with Crippen molar-refractivity contribution < 1.29 is 9.13 Å². The number of nitrogens with zero attached hydrogens (tertiary/aromatic N) is 5. The number of pyridine rings is 1. The zero-order valence-electron chi connectivity index (χ0n) is 26.4. The van der Waals surface area contributed by atoms with Crippen molar-refractivity contribution in [2.24, 2.45) is 17.8 Å². The van der Waals surface area contributed by atoms with Crippen molar-refractivity contribution in [3.63, 3.8) is 0 Å². The number of aromatic nitrogens is 3. The van der Waals surface area contributed by atoms with E-state index in [0.29, 0.717) is 40.3 Å². The van der Waals surface area contributed by atoms with E-state index in [-0.39, 0.29) is 23.3 Å². The minimum atomic E-state index is -0.477. The molecule has 2 unspecified atom stereocenters. The second-order valence-corrected chi connectivity index (χ2v) is 14.2. The van der Waals surface area contributed by atoms with Crippen molar-refractivity contribution in [2.75, 3.05) is 38.2 Å². The fraction of sp³-hybridized carbons (Fsp3) is 0.395. The van der Waals surface area contributed by atoms with Crippen molar-refractivity contribution in [1.82, 2.24) is 19.9 Å². The third-order valence-corrected chi connectivity index (χ3v) is 10.8. The summed E-state index contributed by atoms with van der Waals surface area (Å²) < 4.78 is 23.1. The monoisotopic (exact) mass is 635 g/mol. The summed E-state index contributed by atoms with van der Waals surface area (Å²) in [5.41, 5.74) is 3.77. The van der Waals surface area contributed by atoms with Crippen LogP contribution in [0.2, 0.25) is 5.02 Å². The zero-order chi connectivity index (χ0) is 31.4. The van der Waals surface area contributed by atoms with E-state index in [1.54, 1.807) is 6.20 Å². The number of ether oxygens (including phenoxy) is 1. The lowest BCUT2D eigenvalue weighted by Gasteiger charge is -2.33. The van der Waals surface area contributed by atoms with E-state index in [2.05, 4.69) is 53.0 Å². The molecular formula is C38H39ClFN5O. The lowest BCUT2D eigenvalue weighted by Crippen LogP contribution is -2.37. The van der Waals surface area contributed by atoms with Crippen LogP contribution in [0, 0.1) is 30.5 Å². The second kappa shape index (κ2) is 12.1. The summed E-state index contributed by atoms with van der Waals surface area (Å²) in [7, 11) is 2.16. The SMILES string of the molecule is Cc1ccc(C[C@@H]2C[C@@H](COc3nc(N4CC5CCC(C5)C4)c4cnc(-c5cccc6cccc(Cl)c56)c(F)c4n3)N(C)C2)cc1. The van der Waals surface area contributed by atoms with Crippen LogP contribution in [0.1, 0.15) is 36.8 Å². The highest BCUT2D eigenvalue weighted by Gasteiger charge is 2.35. The van der Waals surface area contributed by atoms with Crippen molar-refractivity contribution >= 4 is 39.1 Å². The van der Waals surface area contributed by atoms with Gasteiger partial charge in [-0.15, -0.1) is 0 Å². The van der Waals surface area contributed by atoms with Crippen molar-refractivity contribution in [3.05, 3.63) is 88.8 Å². The Morgan fingerprint density at radius 3 is 2.48 bits per heavy atom. The van der Waals surface area contributed by atoms with E-state index >= 15 is 4.39 Å². The molecule has 0 radical (unpaired) electrons. The Hall–Kier alpha value is -3.81. The number of piperidine rings is 1. The minimum absolute atomic E-state index is 0.225. The van der Waals surface area contributed by atoms with Crippen molar-refractivity contribution in [3.8, 4) is 17.3 Å². The number of rotatable bonds is 7. The third kappa shape index (κ3) is 5.58. The summed E-state index contributed by atoms with van der Waals surface area (Å²) in [6.45, 7) is 5.42. The summed E-state index contributed by atoms with van der Waals surface area (Å²) in [6, 6.07) is 20.8. The lowest BCUT2D eigenvalue weighted by molar-refractivity contribution is 0.188. The van der Waals surface area contributed by atoms with Crippen LogP contribution >= 0.6 is 11.6 Å².